The zero-order valence-electron chi connectivity index (χ0n) is 9.14. The van der Waals surface area contributed by atoms with Crippen molar-refractivity contribution in [2.75, 3.05) is 6.54 Å². The van der Waals surface area contributed by atoms with Crippen molar-refractivity contribution in [3.05, 3.63) is 47.0 Å². The van der Waals surface area contributed by atoms with Gasteiger partial charge in [0, 0.05) is 28.9 Å². The second-order valence-electron chi connectivity index (χ2n) is 3.60. The summed E-state index contributed by atoms with van der Waals surface area (Å²) in [6.45, 7) is 0.375. The quantitative estimate of drug-likeness (QED) is 0.879. The van der Waals surface area contributed by atoms with Crippen molar-refractivity contribution in [2.24, 2.45) is 5.73 Å². The van der Waals surface area contributed by atoms with Gasteiger partial charge in [0.2, 0.25) is 0 Å². The molecule has 5 heteroatoms. The molecule has 0 aliphatic carbocycles. The number of nitrogens with zero attached hydrogens (tertiary/aromatic N) is 2. The lowest BCUT2D eigenvalue weighted by atomic mass is 10.1. The Morgan fingerprint density at radius 1 is 1.47 bits per heavy atom. The van der Waals surface area contributed by atoms with Gasteiger partial charge in [-0.15, -0.1) is 0 Å². The standard InChI is InChI=1S/C12H12BrN3O/c13-10-7-9(12(17)3-4-14)1-2-11(10)16-6-5-15-8-16/h1-2,5-8H,3-4,14H2. The molecule has 1 aromatic heterocycles. The van der Waals surface area contributed by atoms with Crippen LogP contribution in [-0.2, 0) is 0 Å². The smallest absolute Gasteiger partial charge is 0.164 e. The number of aromatic nitrogens is 2. The predicted octanol–water partition coefficient (Wildman–Crippen LogP) is 2.17. The molecule has 0 spiro atoms. The zero-order chi connectivity index (χ0) is 12.3. The van der Waals surface area contributed by atoms with Crippen LogP contribution in [0, 0.1) is 0 Å². The predicted molar refractivity (Wildman–Crippen MR) is 69.3 cm³/mol. The highest BCUT2D eigenvalue weighted by atomic mass is 79.9. The van der Waals surface area contributed by atoms with Gasteiger partial charge in [-0.2, -0.15) is 0 Å². The highest BCUT2D eigenvalue weighted by Crippen LogP contribution is 2.22. The SMILES string of the molecule is NCCC(=O)c1ccc(-n2ccnc2)c(Br)c1. The molecule has 0 radical (unpaired) electrons. The third kappa shape index (κ3) is 2.62. The van der Waals surface area contributed by atoms with Gasteiger partial charge in [-0.1, -0.05) is 0 Å². The third-order valence-electron chi connectivity index (χ3n) is 2.42. The summed E-state index contributed by atoms with van der Waals surface area (Å²) < 4.78 is 2.74. The van der Waals surface area contributed by atoms with Crippen molar-refractivity contribution in [1.82, 2.24) is 9.55 Å². The van der Waals surface area contributed by atoms with Crippen molar-refractivity contribution in [1.29, 1.82) is 0 Å². The number of imidazole rings is 1. The topological polar surface area (TPSA) is 60.9 Å². The van der Waals surface area contributed by atoms with Gasteiger partial charge in [-0.05, 0) is 40.7 Å². The summed E-state index contributed by atoms with van der Waals surface area (Å²) in [5.74, 6) is 0.0605. The molecule has 0 unspecified atom stereocenters. The van der Waals surface area contributed by atoms with E-state index in [1.54, 1.807) is 18.6 Å². The number of Topliss-reactive ketones (excluding diaryl/α,β-unsaturated/α-hetero) is 1. The first-order valence-corrected chi connectivity index (χ1v) is 6.03. The number of rotatable bonds is 4. The summed E-state index contributed by atoms with van der Waals surface area (Å²) in [5.41, 5.74) is 6.99. The first kappa shape index (κ1) is 12.0. The highest BCUT2D eigenvalue weighted by Gasteiger charge is 2.08. The average Bonchev–Trinajstić information content (AvgIpc) is 2.82. The maximum Gasteiger partial charge on any atom is 0.164 e. The monoisotopic (exact) mass is 293 g/mol. The molecular weight excluding hydrogens is 282 g/mol. The Kier molecular flexibility index (Phi) is 3.71. The molecule has 0 saturated carbocycles. The van der Waals surface area contributed by atoms with E-state index in [2.05, 4.69) is 20.9 Å². The molecule has 2 aromatic rings. The summed E-state index contributed by atoms with van der Waals surface area (Å²) >= 11 is 3.46. The number of halogens is 1. The summed E-state index contributed by atoms with van der Waals surface area (Å²) in [6.07, 6.45) is 5.64. The molecule has 0 saturated heterocycles. The Bertz CT molecular complexity index is 523. The van der Waals surface area contributed by atoms with E-state index in [0.29, 0.717) is 18.5 Å². The second kappa shape index (κ2) is 5.25. The molecule has 1 heterocycles. The number of nitrogens with two attached hydrogens (primary N) is 1. The van der Waals surface area contributed by atoms with Crippen molar-refractivity contribution in [2.45, 2.75) is 6.42 Å². The number of hydrogen-bond donors (Lipinski definition) is 1. The fraction of sp³-hybridized carbons (Fsp3) is 0.167. The Labute approximate surface area is 108 Å². The van der Waals surface area contributed by atoms with Gasteiger partial charge in [0.05, 0.1) is 12.0 Å². The summed E-state index contributed by atoms with van der Waals surface area (Å²) in [6, 6.07) is 5.50. The Morgan fingerprint density at radius 2 is 2.29 bits per heavy atom. The van der Waals surface area contributed by atoms with Crippen LogP contribution in [-0.4, -0.2) is 21.9 Å². The van der Waals surface area contributed by atoms with E-state index in [1.807, 2.05) is 22.9 Å². The maximum absolute atomic E-state index is 11.7. The molecule has 0 atom stereocenters. The first-order chi connectivity index (χ1) is 8.22. The van der Waals surface area contributed by atoms with Crippen molar-refractivity contribution >= 4 is 21.7 Å². The van der Waals surface area contributed by atoms with Crippen LogP contribution in [0.1, 0.15) is 16.8 Å². The number of hydrogen-bond acceptors (Lipinski definition) is 3. The van der Waals surface area contributed by atoms with Gasteiger partial charge < -0.3 is 10.3 Å². The van der Waals surface area contributed by atoms with Crippen LogP contribution in [0.2, 0.25) is 0 Å². The molecule has 88 valence electrons. The fourth-order valence-corrected chi connectivity index (χ4v) is 2.15. The Hall–Kier alpha value is -1.46. The lowest BCUT2D eigenvalue weighted by molar-refractivity contribution is 0.0985. The van der Waals surface area contributed by atoms with E-state index in [0.717, 1.165) is 10.2 Å². The lowest BCUT2D eigenvalue weighted by Gasteiger charge is -2.07. The van der Waals surface area contributed by atoms with E-state index in [-0.39, 0.29) is 5.78 Å². The van der Waals surface area contributed by atoms with E-state index < -0.39 is 0 Å². The minimum atomic E-state index is 0.0605. The molecule has 0 aliphatic heterocycles. The van der Waals surface area contributed by atoms with Crippen LogP contribution in [0.25, 0.3) is 5.69 Å². The molecule has 0 amide bonds. The fourth-order valence-electron chi connectivity index (χ4n) is 1.57. The van der Waals surface area contributed by atoms with E-state index in [9.17, 15) is 4.79 Å². The van der Waals surface area contributed by atoms with Gasteiger partial charge in [0.15, 0.2) is 5.78 Å². The summed E-state index contributed by atoms with van der Waals surface area (Å²) in [4.78, 5) is 15.7. The number of ketones is 1. The van der Waals surface area contributed by atoms with Crippen molar-refractivity contribution in [3.63, 3.8) is 0 Å². The van der Waals surface area contributed by atoms with Gasteiger partial charge in [-0.3, -0.25) is 4.79 Å². The molecular formula is C12H12BrN3O. The van der Waals surface area contributed by atoms with E-state index in [1.165, 1.54) is 0 Å². The van der Waals surface area contributed by atoms with Gasteiger partial charge >= 0.3 is 0 Å². The zero-order valence-corrected chi connectivity index (χ0v) is 10.7. The van der Waals surface area contributed by atoms with E-state index in [4.69, 9.17) is 5.73 Å². The van der Waals surface area contributed by atoms with Crippen molar-refractivity contribution < 1.29 is 4.79 Å². The third-order valence-corrected chi connectivity index (χ3v) is 3.06. The van der Waals surface area contributed by atoms with Gasteiger partial charge in [0.1, 0.15) is 0 Å². The summed E-state index contributed by atoms with van der Waals surface area (Å²) in [5, 5.41) is 0. The van der Waals surface area contributed by atoms with Crippen LogP contribution >= 0.6 is 15.9 Å². The van der Waals surface area contributed by atoms with Crippen LogP contribution in [0.3, 0.4) is 0 Å². The molecule has 17 heavy (non-hydrogen) atoms. The van der Waals surface area contributed by atoms with Crippen LogP contribution in [0.15, 0.2) is 41.4 Å². The minimum Gasteiger partial charge on any atom is -0.330 e. The lowest BCUT2D eigenvalue weighted by Crippen LogP contribution is -2.08. The Morgan fingerprint density at radius 3 is 2.88 bits per heavy atom. The molecule has 1 aromatic carbocycles. The van der Waals surface area contributed by atoms with E-state index >= 15 is 0 Å². The maximum atomic E-state index is 11.7. The number of carbonyl (C=O) groups is 1. The Balaban J connectivity index is 2.32. The normalized spacial score (nSPS) is 10.5. The molecule has 2 rings (SSSR count). The van der Waals surface area contributed by atoms with Crippen LogP contribution in [0.4, 0.5) is 0 Å². The second-order valence-corrected chi connectivity index (χ2v) is 4.45. The van der Waals surface area contributed by atoms with Gasteiger partial charge in [0.25, 0.3) is 0 Å². The molecule has 0 bridgehead atoms. The number of carbonyl (C=O) groups excluding carboxylic acids is 1. The molecule has 0 fully saturated rings. The van der Waals surface area contributed by atoms with Crippen molar-refractivity contribution in [3.8, 4) is 5.69 Å². The molecule has 4 nitrogen and oxygen atoms in total. The minimum absolute atomic E-state index is 0.0605. The summed E-state index contributed by atoms with van der Waals surface area (Å²) in [7, 11) is 0. The van der Waals surface area contributed by atoms with Crippen LogP contribution in [0.5, 0.6) is 0 Å². The molecule has 0 aliphatic rings. The number of benzene rings is 1. The largest absolute Gasteiger partial charge is 0.330 e. The highest BCUT2D eigenvalue weighted by molar-refractivity contribution is 9.10. The molecule has 2 N–H and O–H groups in total. The van der Waals surface area contributed by atoms with Gasteiger partial charge in [-0.25, -0.2) is 4.98 Å². The first-order valence-electron chi connectivity index (χ1n) is 5.23. The van der Waals surface area contributed by atoms with Crippen LogP contribution < -0.4 is 5.73 Å². The average molecular weight is 294 g/mol.